The second-order valence-electron chi connectivity index (χ2n) is 5.64. The second-order valence-corrected chi connectivity index (χ2v) is 6.64. The Hall–Kier alpha value is -2.08. The smallest absolute Gasteiger partial charge is 0.263 e. The summed E-state index contributed by atoms with van der Waals surface area (Å²) in [4.78, 5) is 19.7. The lowest BCUT2D eigenvalue weighted by molar-refractivity contribution is 0.0958. The van der Waals surface area contributed by atoms with Crippen LogP contribution in [-0.4, -0.2) is 37.1 Å². The third-order valence-corrected chi connectivity index (χ3v) is 4.86. The summed E-state index contributed by atoms with van der Waals surface area (Å²) in [5, 5.41) is 6.96. The van der Waals surface area contributed by atoms with E-state index in [1.54, 1.807) is 0 Å². The van der Waals surface area contributed by atoms with Crippen molar-refractivity contribution in [2.75, 3.05) is 36.4 Å². The minimum absolute atomic E-state index is 0.0468. The van der Waals surface area contributed by atoms with Gasteiger partial charge >= 0.3 is 0 Å². The fraction of sp³-hybridized carbons (Fsp3) is 0.444. The van der Waals surface area contributed by atoms with Gasteiger partial charge in [-0.1, -0.05) is 23.5 Å². The molecule has 0 unspecified atom stereocenters. The first-order valence-corrected chi connectivity index (χ1v) is 9.17. The molecule has 0 saturated heterocycles. The zero-order valence-corrected chi connectivity index (χ0v) is 15.7. The average molecular weight is 346 g/mol. The van der Waals surface area contributed by atoms with Crippen LogP contribution in [0.1, 0.15) is 34.8 Å². The maximum atomic E-state index is 12.4. The molecule has 0 radical (unpaired) electrons. The molecule has 0 aliphatic heterocycles. The van der Waals surface area contributed by atoms with Crippen LogP contribution in [0.5, 0.6) is 0 Å². The van der Waals surface area contributed by atoms with Crippen LogP contribution in [0.15, 0.2) is 24.3 Å². The van der Waals surface area contributed by atoms with Crippen molar-refractivity contribution in [3.8, 4) is 0 Å². The number of amides is 1. The molecule has 0 aliphatic rings. The van der Waals surface area contributed by atoms with Gasteiger partial charge in [0.15, 0.2) is 5.13 Å². The summed E-state index contributed by atoms with van der Waals surface area (Å²) < 4.78 is 0. The van der Waals surface area contributed by atoms with Crippen LogP contribution in [0.4, 0.5) is 10.8 Å². The van der Waals surface area contributed by atoms with E-state index in [1.165, 1.54) is 22.6 Å². The predicted octanol–water partition coefficient (Wildman–Crippen LogP) is 3.45. The van der Waals surface area contributed by atoms with Crippen LogP contribution in [0, 0.1) is 13.8 Å². The van der Waals surface area contributed by atoms with Gasteiger partial charge in [-0.15, -0.1) is 0 Å². The van der Waals surface area contributed by atoms with Crippen molar-refractivity contribution in [2.45, 2.75) is 27.7 Å². The molecule has 0 bridgehead atoms. The van der Waals surface area contributed by atoms with E-state index in [0.717, 1.165) is 30.5 Å². The van der Waals surface area contributed by atoms with Gasteiger partial charge in [0.1, 0.15) is 4.88 Å². The maximum Gasteiger partial charge on any atom is 0.263 e. The normalized spacial score (nSPS) is 10.5. The lowest BCUT2D eigenvalue weighted by atomic mass is 10.2. The Labute approximate surface area is 148 Å². The Morgan fingerprint density at radius 2 is 2.08 bits per heavy atom. The number of nitrogens with one attached hydrogen (secondary N) is 2. The van der Waals surface area contributed by atoms with E-state index in [-0.39, 0.29) is 5.91 Å². The van der Waals surface area contributed by atoms with Crippen LogP contribution in [-0.2, 0) is 0 Å². The van der Waals surface area contributed by atoms with Crippen molar-refractivity contribution in [2.24, 2.45) is 0 Å². The van der Waals surface area contributed by atoms with E-state index in [0.29, 0.717) is 11.4 Å². The lowest BCUT2D eigenvalue weighted by Gasteiger charge is -2.23. The van der Waals surface area contributed by atoms with Gasteiger partial charge in [-0.3, -0.25) is 4.79 Å². The number of aryl methyl sites for hydroxylation is 2. The Bertz CT molecular complexity index is 683. The summed E-state index contributed by atoms with van der Waals surface area (Å²) >= 11 is 1.41. The third-order valence-electron chi connectivity index (χ3n) is 3.75. The number of anilines is 2. The van der Waals surface area contributed by atoms with E-state index < -0.39 is 0 Å². The minimum atomic E-state index is -0.0468. The Morgan fingerprint density at radius 1 is 1.29 bits per heavy atom. The summed E-state index contributed by atoms with van der Waals surface area (Å²) in [6.07, 6.45) is 0. The lowest BCUT2D eigenvalue weighted by Crippen LogP contribution is -2.34. The summed E-state index contributed by atoms with van der Waals surface area (Å²) in [7, 11) is 0. The molecule has 5 nitrogen and oxygen atoms in total. The molecule has 0 spiro atoms. The number of hydrogen-bond donors (Lipinski definition) is 2. The molecular weight excluding hydrogens is 320 g/mol. The minimum Gasteiger partial charge on any atom is -0.370 e. The predicted molar refractivity (Wildman–Crippen MR) is 102 cm³/mol. The highest BCUT2D eigenvalue weighted by atomic mass is 32.1. The Morgan fingerprint density at radius 3 is 2.75 bits per heavy atom. The molecule has 1 amide bonds. The summed E-state index contributed by atoms with van der Waals surface area (Å²) in [6, 6.07) is 8.43. The monoisotopic (exact) mass is 346 g/mol. The number of aromatic nitrogens is 1. The van der Waals surface area contributed by atoms with Crippen molar-refractivity contribution in [3.63, 3.8) is 0 Å². The molecular formula is C18H26N4OS. The fourth-order valence-corrected chi connectivity index (χ4v) is 3.46. The first-order chi connectivity index (χ1) is 11.5. The molecule has 1 aromatic heterocycles. The standard InChI is InChI=1S/C18H26N4OS/c1-5-19-18-21-14(4)16(24-18)17(23)20-10-11-22(6-2)15-9-7-8-13(3)12-15/h7-9,12H,5-6,10-11H2,1-4H3,(H,19,21)(H,20,23). The van der Waals surface area contributed by atoms with Crippen LogP contribution >= 0.6 is 11.3 Å². The fourth-order valence-electron chi connectivity index (χ4n) is 2.51. The zero-order chi connectivity index (χ0) is 17.5. The van der Waals surface area contributed by atoms with E-state index in [4.69, 9.17) is 0 Å². The number of carbonyl (C=O) groups excluding carboxylic acids is 1. The molecule has 2 N–H and O–H groups in total. The molecule has 130 valence electrons. The second kappa shape index (κ2) is 8.68. The third kappa shape index (κ3) is 4.71. The SMILES string of the molecule is CCNc1nc(C)c(C(=O)NCCN(CC)c2cccc(C)c2)s1. The number of nitrogens with zero attached hydrogens (tertiary/aromatic N) is 2. The van der Waals surface area contributed by atoms with Crippen LogP contribution in [0.2, 0.25) is 0 Å². The highest BCUT2D eigenvalue weighted by molar-refractivity contribution is 7.17. The first kappa shape index (κ1) is 18.3. The van der Waals surface area contributed by atoms with Crippen LogP contribution in [0.25, 0.3) is 0 Å². The molecule has 0 saturated carbocycles. The topological polar surface area (TPSA) is 57.3 Å². The van der Waals surface area contributed by atoms with Crippen molar-refractivity contribution in [3.05, 3.63) is 40.4 Å². The van der Waals surface area contributed by atoms with Crippen LogP contribution < -0.4 is 15.5 Å². The van der Waals surface area contributed by atoms with Crippen molar-refractivity contribution in [1.82, 2.24) is 10.3 Å². The molecule has 1 aromatic carbocycles. The number of carbonyl (C=O) groups is 1. The largest absolute Gasteiger partial charge is 0.370 e. The van der Waals surface area contributed by atoms with Gasteiger partial charge in [-0.25, -0.2) is 4.98 Å². The van der Waals surface area contributed by atoms with Crippen molar-refractivity contribution in [1.29, 1.82) is 0 Å². The molecule has 0 aliphatic carbocycles. The number of likely N-dealkylation sites (N-methyl/N-ethyl adjacent to an activating group) is 1. The highest BCUT2D eigenvalue weighted by Gasteiger charge is 2.15. The van der Waals surface area contributed by atoms with E-state index in [2.05, 4.69) is 58.6 Å². The maximum absolute atomic E-state index is 12.4. The van der Waals surface area contributed by atoms with Crippen molar-refractivity contribution >= 4 is 28.1 Å². The number of benzene rings is 1. The van der Waals surface area contributed by atoms with E-state index >= 15 is 0 Å². The molecule has 2 aromatic rings. The molecule has 6 heteroatoms. The summed E-state index contributed by atoms with van der Waals surface area (Å²) in [6.45, 7) is 11.2. The molecule has 2 rings (SSSR count). The van der Waals surface area contributed by atoms with Crippen LogP contribution in [0.3, 0.4) is 0 Å². The van der Waals surface area contributed by atoms with Crippen molar-refractivity contribution < 1.29 is 4.79 Å². The zero-order valence-electron chi connectivity index (χ0n) is 14.8. The van der Waals surface area contributed by atoms with Gasteiger partial charge in [-0.05, 0) is 45.4 Å². The highest BCUT2D eigenvalue weighted by Crippen LogP contribution is 2.22. The van der Waals surface area contributed by atoms with Gasteiger partial charge in [0.05, 0.1) is 5.69 Å². The van der Waals surface area contributed by atoms with Gasteiger partial charge in [0.2, 0.25) is 0 Å². The van der Waals surface area contributed by atoms with Gasteiger partial charge in [-0.2, -0.15) is 0 Å². The van der Waals surface area contributed by atoms with Gasteiger partial charge in [0, 0.05) is 31.9 Å². The molecule has 1 heterocycles. The quantitative estimate of drug-likeness (QED) is 0.769. The first-order valence-electron chi connectivity index (χ1n) is 8.36. The number of hydrogen-bond acceptors (Lipinski definition) is 5. The number of thiazole rings is 1. The van der Waals surface area contributed by atoms with Gasteiger partial charge in [0.25, 0.3) is 5.91 Å². The number of rotatable bonds is 8. The summed E-state index contributed by atoms with van der Waals surface area (Å²) in [5.74, 6) is -0.0468. The average Bonchev–Trinajstić information content (AvgIpc) is 2.92. The van der Waals surface area contributed by atoms with E-state index in [9.17, 15) is 4.79 Å². The van der Waals surface area contributed by atoms with Gasteiger partial charge < -0.3 is 15.5 Å². The Balaban J connectivity index is 1.91. The molecule has 0 fully saturated rings. The molecule has 24 heavy (non-hydrogen) atoms. The summed E-state index contributed by atoms with van der Waals surface area (Å²) in [5.41, 5.74) is 3.21. The Kier molecular flexibility index (Phi) is 6.61. The molecule has 0 atom stereocenters. The van der Waals surface area contributed by atoms with E-state index in [1.807, 2.05) is 13.8 Å².